The molecule has 2 aromatic heterocycles. The van der Waals surface area contributed by atoms with Gasteiger partial charge in [-0.05, 0) is 80.3 Å². The predicted molar refractivity (Wildman–Crippen MR) is 135 cm³/mol. The van der Waals surface area contributed by atoms with Gasteiger partial charge in [-0.1, -0.05) is 12.1 Å². The van der Waals surface area contributed by atoms with Crippen molar-refractivity contribution in [3.8, 4) is 17.0 Å². The molecule has 4 aromatic rings. The Morgan fingerprint density at radius 2 is 2.09 bits per heavy atom. The topological polar surface area (TPSA) is 81.1 Å². The zero-order valence-corrected chi connectivity index (χ0v) is 20.0. The Hall–Kier alpha value is -3.71. The van der Waals surface area contributed by atoms with E-state index >= 15 is 0 Å². The minimum absolute atomic E-state index is 0.0764. The number of nitrogens with one attached hydrogen (secondary N) is 2. The number of aromatic nitrogens is 3. The van der Waals surface area contributed by atoms with E-state index in [1.54, 1.807) is 10.9 Å². The maximum Gasteiger partial charge on any atom is 0.252 e. The number of amides is 1. The summed E-state index contributed by atoms with van der Waals surface area (Å²) in [4.78, 5) is 18.2. The average molecular weight is 468 g/mol. The first-order chi connectivity index (χ1) is 17.0. The van der Waals surface area contributed by atoms with Gasteiger partial charge in [-0.25, -0.2) is 0 Å². The molecule has 1 aliphatic carbocycles. The molecule has 2 aliphatic rings. The number of pyridine rings is 1. The number of hydrogen-bond acceptors (Lipinski definition) is 5. The molecule has 1 unspecified atom stereocenters. The minimum Gasteiger partial charge on any atom is -0.492 e. The lowest BCUT2D eigenvalue weighted by atomic mass is 9.95. The molecule has 2 aromatic carbocycles. The number of carbonyl (C=O) groups excluding carboxylic acids is 1. The first-order valence-electron chi connectivity index (χ1n) is 12.2. The standard InChI is InChI=1S/C28H29N5O2/c1-18-5-6-21(35-17-20-7-12-29-20)16-23(18)27(34)31-28(9-10-28)24-14-19(25-8-13-33(2)32-25)15-26-22(24)4-3-11-30-26/h3-6,8,11,13-16,20,29H,7,9-10,12,17H2,1-2H3,(H,31,34). The summed E-state index contributed by atoms with van der Waals surface area (Å²) in [7, 11) is 1.91. The molecule has 178 valence electrons. The number of carbonyl (C=O) groups is 1. The van der Waals surface area contributed by atoms with Crippen molar-refractivity contribution < 1.29 is 9.53 Å². The molecule has 3 heterocycles. The van der Waals surface area contributed by atoms with Gasteiger partial charge in [0, 0.05) is 42.0 Å². The summed E-state index contributed by atoms with van der Waals surface area (Å²) < 4.78 is 7.75. The fourth-order valence-electron chi connectivity index (χ4n) is 4.79. The van der Waals surface area contributed by atoms with Crippen molar-refractivity contribution >= 4 is 16.8 Å². The largest absolute Gasteiger partial charge is 0.492 e. The van der Waals surface area contributed by atoms with Crippen molar-refractivity contribution in [2.75, 3.05) is 13.2 Å². The first kappa shape index (κ1) is 21.8. The number of benzene rings is 2. The third kappa shape index (κ3) is 4.17. The van der Waals surface area contributed by atoms with Crippen molar-refractivity contribution in [1.82, 2.24) is 25.4 Å². The van der Waals surface area contributed by atoms with Crippen molar-refractivity contribution in [2.45, 2.75) is 37.8 Å². The van der Waals surface area contributed by atoms with E-state index in [4.69, 9.17) is 4.74 Å². The number of nitrogens with zero attached hydrogens (tertiary/aromatic N) is 3. The predicted octanol–water partition coefficient (Wildman–Crippen LogP) is 4.10. The molecule has 0 radical (unpaired) electrons. The van der Waals surface area contributed by atoms with Gasteiger partial charge in [-0.15, -0.1) is 0 Å². The Kier molecular flexibility index (Phi) is 5.29. The van der Waals surface area contributed by atoms with Crippen molar-refractivity contribution in [3.63, 3.8) is 0 Å². The van der Waals surface area contributed by atoms with Gasteiger partial charge in [0.25, 0.3) is 5.91 Å². The summed E-state index contributed by atoms with van der Waals surface area (Å²) in [6.07, 6.45) is 6.64. The van der Waals surface area contributed by atoms with Crippen LogP contribution in [0.15, 0.2) is 60.9 Å². The van der Waals surface area contributed by atoms with Crippen LogP contribution in [0.4, 0.5) is 0 Å². The quantitative estimate of drug-likeness (QED) is 0.428. The van der Waals surface area contributed by atoms with Crippen molar-refractivity contribution in [3.05, 3.63) is 77.6 Å². The number of aryl methyl sites for hydroxylation is 2. The lowest BCUT2D eigenvalue weighted by Gasteiger charge is -2.27. The molecule has 35 heavy (non-hydrogen) atoms. The summed E-state index contributed by atoms with van der Waals surface area (Å²) in [6, 6.07) is 16.4. The van der Waals surface area contributed by atoms with Crippen LogP contribution in [0.1, 0.15) is 40.7 Å². The van der Waals surface area contributed by atoms with E-state index in [1.165, 1.54) is 0 Å². The highest BCUT2D eigenvalue weighted by Crippen LogP contribution is 2.49. The number of rotatable bonds is 7. The maximum absolute atomic E-state index is 13.5. The normalized spacial score (nSPS) is 18.2. The number of ether oxygens (including phenoxy) is 1. The van der Waals surface area contributed by atoms with Gasteiger partial charge in [0.05, 0.1) is 16.7 Å². The smallest absolute Gasteiger partial charge is 0.252 e. The molecule has 0 bridgehead atoms. The SMILES string of the molecule is Cc1ccc(OCC2CCN2)cc1C(=O)NC1(c2cc(-c3ccn(C)n3)cc3ncccc23)CC1. The van der Waals surface area contributed by atoms with Gasteiger partial charge < -0.3 is 15.4 Å². The van der Waals surface area contributed by atoms with Crippen LogP contribution in [0.2, 0.25) is 0 Å². The summed E-state index contributed by atoms with van der Waals surface area (Å²) in [5, 5.41) is 12.4. The Balaban J connectivity index is 1.31. The fourth-order valence-corrected chi connectivity index (χ4v) is 4.79. The molecule has 2 fully saturated rings. The van der Waals surface area contributed by atoms with Gasteiger partial charge in [-0.3, -0.25) is 14.5 Å². The Bertz CT molecular complexity index is 1420. The number of fused-ring (bicyclic) bond motifs is 1. The average Bonchev–Trinajstić information content (AvgIpc) is 3.48. The molecule has 7 nitrogen and oxygen atoms in total. The van der Waals surface area contributed by atoms with Crippen LogP contribution in [0.5, 0.6) is 5.75 Å². The Morgan fingerprint density at radius 3 is 2.80 bits per heavy atom. The molecule has 1 saturated carbocycles. The molecule has 1 atom stereocenters. The van der Waals surface area contributed by atoms with Crippen LogP contribution in [0.3, 0.4) is 0 Å². The summed E-state index contributed by atoms with van der Waals surface area (Å²) in [5.74, 6) is 0.651. The van der Waals surface area contributed by atoms with E-state index in [0.29, 0.717) is 18.2 Å². The monoisotopic (exact) mass is 467 g/mol. The highest BCUT2D eigenvalue weighted by atomic mass is 16.5. The first-order valence-corrected chi connectivity index (χ1v) is 12.2. The number of hydrogen-bond donors (Lipinski definition) is 2. The lowest BCUT2D eigenvalue weighted by Crippen LogP contribution is -2.46. The van der Waals surface area contributed by atoms with Crippen LogP contribution in [0, 0.1) is 6.92 Å². The second kappa shape index (κ2) is 8.50. The molecule has 0 spiro atoms. The summed E-state index contributed by atoms with van der Waals surface area (Å²) >= 11 is 0. The van der Waals surface area contributed by atoms with Gasteiger partial charge in [0.1, 0.15) is 12.4 Å². The Labute approximate surface area is 204 Å². The summed E-state index contributed by atoms with van der Waals surface area (Å²) in [5.41, 5.74) is 5.07. The summed E-state index contributed by atoms with van der Waals surface area (Å²) in [6.45, 7) is 3.63. The van der Waals surface area contributed by atoms with Crippen molar-refractivity contribution in [2.24, 2.45) is 7.05 Å². The maximum atomic E-state index is 13.5. The zero-order chi connectivity index (χ0) is 24.0. The molecule has 1 saturated heterocycles. The molecule has 1 aliphatic heterocycles. The van der Waals surface area contributed by atoms with E-state index in [-0.39, 0.29) is 5.91 Å². The van der Waals surface area contributed by atoms with E-state index in [1.807, 2.05) is 50.5 Å². The van der Waals surface area contributed by atoms with Crippen LogP contribution >= 0.6 is 0 Å². The molecule has 7 heteroatoms. The van der Waals surface area contributed by atoms with Gasteiger partial charge in [-0.2, -0.15) is 5.10 Å². The second-order valence-electron chi connectivity index (χ2n) is 9.73. The highest BCUT2D eigenvalue weighted by molar-refractivity contribution is 5.98. The van der Waals surface area contributed by atoms with E-state index in [0.717, 1.165) is 64.8 Å². The van der Waals surface area contributed by atoms with Crippen LogP contribution in [-0.4, -0.2) is 39.9 Å². The van der Waals surface area contributed by atoms with Crippen LogP contribution in [-0.2, 0) is 12.6 Å². The van der Waals surface area contributed by atoms with Gasteiger partial charge in [0.2, 0.25) is 0 Å². The third-order valence-corrected chi connectivity index (χ3v) is 7.18. The van der Waals surface area contributed by atoms with E-state index in [2.05, 4.69) is 38.9 Å². The zero-order valence-electron chi connectivity index (χ0n) is 20.0. The second-order valence-corrected chi connectivity index (χ2v) is 9.73. The molecule has 6 rings (SSSR count). The molecular weight excluding hydrogens is 438 g/mol. The van der Waals surface area contributed by atoms with Crippen molar-refractivity contribution in [1.29, 1.82) is 0 Å². The van der Waals surface area contributed by atoms with Gasteiger partial charge >= 0.3 is 0 Å². The van der Waals surface area contributed by atoms with E-state index in [9.17, 15) is 4.79 Å². The van der Waals surface area contributed by atoms with Gasteiger partial charge in [0.15, 0.2) is 0 Å². The molecule has 1 amide bonds. The molecular formula is C28H29N5O2. The van der Waals surface area contributed by atoms with Crippen LogP contribution < -0.4 is 15.4 Å². The minimum atomic E-state index is -0.414. The molecule has 2 N–H and O–H groups in total. The fraction of sp³-hybridized carbons (Fsp3) is 0.321. The van der Waals surface area contributed by atoms with Crippen LogP contribution in [0.25, 0.3) is 22.2 Å². The lowest BCUT2D eigenvalue weighted by molar-refractivity contribution is 0.0930. The third-order valence-electron chi connectivity index (χ3n) is 7.18. The van der Waals surface area contributed by atoms with E-state index < -0.39 is 5.54 Å². The highest BCUT2D eigenvalue weighted by Gasteiger charge is 2.47. The Morgan fingerprint density at radius 1 is 1.23 bits per heavy atom.